The van der Waals surface area contributed by atoms with Gasteiger partial charge in [-0.05, 0) is 26.0 Å². The second-order valence-corrected chi connectivity index (χ2v) is 7.86. The van der Waals surface area contributed by atoms with Crippen LogP contribution in [-0.2, 0) is 0 Å². The number of aliphatic hydroxyl groups is 1. The molecule has 0 bridgehead atoms. The molecule has 30 heavy (non-hydrogen) atoms. The summed E-state index contributed by atoms with van der Waals surface area (Å²) in [6.45, 7) is 3.55. The molecule has 3 aromatic rings. The molecule has 0 radical (unpaired) electrons. The average Bonchev–Trinajstić information content (AvgIpc) is 3.18. The summed E-state index contributed by atoms with van der Waals surface area (Å²) in [5.41, 5.74) is 6.73. The van der Waals surface area contributed by atoms with Gasteiger partial charge in [0.2, 0.25) is 5.88 Å². The minimum absolute atomic E-state index is 0. The van der Waals surface area contributed by atoms with Crippen molar-refractivity contribution >= 4 is 35.3 Å². The Kier molecular flexibility index (Phi) is 8.75. The van der Waals surface area contributed by atoms with Crippen molar-refractivity contribution in [1.82, 2.24) is 15.2 Å². The van der Waals surface area contributed by atoms with Gasteiger partial charge in [-0.15, -0.1) is 22.6 Å². The predicted molar refractivity (Wildman–Crippen MR) is 117 cm³/mol. The first-order valence-electron chi connectivity index (χ1n) is 8.82. The summed E-state index contributed by atoms with van der Waals surface area (Å²) >= 11 is 7.55. The summed E-state index contributed by atoms with van der Waals surface area (Å²) in [6.07, 6.45) is 1.68. The van der Waals surface area contributed by atoms with Crippen LogP contribution < -0.4 is 15.2 Å². The van der Waals surface area contributed by atoms with Crippen molar-refractivity contribution in [2.75, 3.05) is 13.2 Å². The summed E-state index contributed by atoms with van der Waals surface area (Å²) in [6, 6.07) is 5.58. The molecule has 7 nitrogen and oxygen atoms in total. The van der Waals surface area contributed by atoms with Crippen LogP contribution in [0.5, 0.6) is 11.6 Å². The van der Waals surface area contributed by atoms with Crippen molar-refractivity contribution in [1.29, 1.82) is 0 Å². The maximum atomic E-state index is 14.4. The number of nitrogens with two attached hydrogens (primary N) is 1. The molecule has 0 spiro atoms. The number of nitrogens with zero attached hydrogens (tertiary/aromatic N) is 3. The van der Waals surface area contributed by atoms with E-state index in [0.717, 1.165) is 5.56 Å². The van der Waals surface area contributed by atoms with Crippen LogP contribution in [0.1, 0.15) is 13.8 Å². The smallest absolute Gasteiger partial charge is 0.213 e. The Morgan fingerprint density at radius 2 is 1.97 bits per heavy atom. The quantitative estimate of drug-likeness (QED) is 0.508. The zero-order valence-electron chi connectivity index (χ0n) is 16.2. The zero-order chi connectivity index (χ0) is 21.0. The second kappa shape index (κ2) is 10.8. The Morgan fingerprint density at radius 1 is 1.23 bits per heavy atom. The first-order chi connectivity index (χ1) is 13.9. The van der Waals surface area contributed by atoms with Crippen molar-refractivity contribution in [2.24, 2.45) is 5.73 Å². The molecule has 0 fully saturated rings. The number of benzene rings is 1. The highest BCUT2D eigenvalue weighted by Crippen LogP contribution is 2.37. The molecule has 0 aliphatic carbocycles. The van der Waals surface area contributed by atoms with Crippen LogP contribution in [0.25, 0.3) is 21.1 Å². The SMILES string of the molecule is CC(C)Oc1ccc(-c2nnc(-c3cc(F)c(OC[C@H](N)CO)cc3Cl)s2)cn1.Cl. The van der Waals surface area contributed by atoms with Crippen LogP contribution in [0, 0.1) is 5.82 Å². The van der Waals surface area contributed by atoms with Crippen LogP contribution >= 0.6 is 35.3 Å². The van der Waals surface area contributed by atoms with E-state index in [1.807, 2.05) is 19.9 Å². The number of halogens is 3. The molecule has 1 aromatic carbocycles. The van der Waals surface area contributed by atoms with Gasteiger partial charge in [0.15, 0.2) is 11.6 Å². The van der Waals surface area contributed by atoms with E-state index in [-0.39, 0.29) is 42.5 Å². The zero-order valence-corrected chi connectivity index (χ0v) is 18.6. The van der Waals surface area contributed by atoms with Crippen LogP contribution in [0.4, 0.5) is 4.39 Å². The highest BCUT2D eigenvalue weighted by Gasteiger charge is 2.17. The lowest BCUT2D eigenvalue weighted by atomic mass is 10.2. The van der Waals surface area contributed by atoms with Crippen LogP contribution in [0.3, 0.4) is 0 Å². The van der Waals surface area contributed by atoms with E-state index < -0.39 is 11.9 Å². The van der Waals surface area contributed by atoms with Gasteiger partial charge in [0.25, 0.3) is 0 Å². The molecular formula is C19H21Cl2FN4O3S. The largest absolute Gasteiger partial charge is 0.489 e. The van der Waals surface area contributed by atoms with Gasteiger partial charge in [0.1, 0.15) is 16.6 Å². The number of ether oxygens (including phenoxy) is 2. The minimum Gasteiger partial charge on any atom is -0.489 e. The summed E-state index contributed by atoms with van der Waals surface area (Å²) in [7, 11) is 0. The normalized spacial score (nSPS) is 11.8. The van der Waals surface area contributed by atoms with E-state index in [4.69, 9.17) is 31.9 Å². The summed E-state index contributed by atoms with van der Waals surface area (Å²) < 4.78 is 25.2. The van der Waals surface area contributed by atoms with Crippen LogP contribution in [0.2, 0.25) is 5.02 Å². The molecule has 2 heterocycles. The molecule has 0 saturated heterocycles. The number of aliphatic hydroxyl groups excluding tert-OH is 1. The lowest BCUT2D eigenvalue weighted by molar-refractivity contribution is 0.202. The van der Waals surface area contributed by atoms with E-state index in [2.05, 4.69) is 15.2 Å². The molecule has 1 atom stereocenters. The Labute approximate surface area is 188 Å². The Balaban J connectivity index is 0.00000320. The van der Waals surface area contributed by atoms with Gasteiger partial charge in [-0.3, -0.25) is 0 Å². The summed E-state index contributed by atoms with van der Waals surface area (Å²) in [4.78, 5) is 4.25. The van der Waals surface area contributed by atoms with Crippen molar-refractivity contribution in [3.8, 4) is 32.8 Å². The van der Waals surface area contributed by atoms with E-state index in [0.29, 0.717) is 21.5 Å². The lowest BCUT2D eigenvalue weighted by Crippen LogP contribution is -2.31. The first kappa shape index (κ1) is 24.2. The maximum Gasteiger partial charge on any atom is 0.213 e. The summed E-state index contributed by atoms with van der Waals surface area (Å²) in [5.74, 6) is -0.129. The van der Waals surface area contributed by atoms with Crippen molar-refractivity contribution in [3.05, 3.63) is 41.3 Å². The minimum atomic E-state index is -0.608. The maximum absolute atomic E-state index is 14.4. The van der Waals surface area contributed by atoms with Crippen LogP contribution in [-0.4, -0.2) is 45.6 Å². The molecule has 3 N–H and O–H groups in total. The topological polar surface area (TPSA) is 103 Å². The molecule has 0 aliphatic heterocycles. The number of pyridine rings is 1. The van der Waals surface area contributed by atoms with E-state index in [1.54, 1.807) is 12.3 Å². The van der Waals surface area contributed by atoms with Crippen LogP contribution in [0.15, 0.2) is 30.5 Å². The van der Waals surface area contributed by atoms with E-state index in [1.165, 1.54) is 23.5 Å². The molecule has 11 heteroatoms. The summed E-state index contributed by atoms with van der Waals surface area (Å²) in [5, 5.41) is 18.5. The highest BCUT2D eigenvalue weighted by atomic mass is 35.5. The van der Waals surface area contributed by atoms with Crippen molar-refractivity contribution < 1.29 is 19.0 Å². The standard InChI is InChI=1S/C19H20ClFN4O3S.ClH/c1-10(2)28-17-4-3-11(7-23-17)18-24-25-19(29-18)13-5-15(21)16(6-14(13)20)27-9-12(22)8-26;/h3-7,10,12,26H,8-9,22H2,1-2H3;1H/t12-;/m1./s1. The van der Waals surface area contributed by atoms with Gasteiger partial charge in [-0.2, -0.15) is 0 Å². The van der Waals surface area contributed by atoms with Crippen molar-refractivity contribution in [2.45, 2.75) is 26.0 Å². The average molecular weight is 475 g/mol. The Hall–Kier alpha value is -2.04. The van der Waals surface area contributed by atoms with Gasteiger partial charge in [0, 0.05) is 29.5 Å². The van der Waals surface area contributed by atoms with Gasteiger partial charge >= 0.3 is 0 Å². The highest BCUT2D eigenvalue weighted by molar-refractivity contribution is 7.18. The second-order valence-electron chi connectivity index (χ2n) is 6.48. The molecule has 2 aromatic heterocycles. The van der Waals surface area contributed by atoms with E-state index in [9.17, 15) is 4.39 Å². The fraction of sp³-hybridized carbons (Fsp3) is 0.316. The predicted octanol–water partition coefficient (Wildman–Crippen LogP) is 3.97. The molecule has 3 rings (SSSR count). The molecular weight excluding hydrogens is 454 g/mol. The molecule has 0 unspecified atom stereocenters. The molecule has 162 valence electrons. The third-order valence-electron chi connectivity index (χ3n) is 3.70. The number of rotatable bonds is 8. The molecule has 0 aliphatic rings. The van der Waals surface area contributed by atoms with Gasteiger partial charge in [-0.25, -0.2) is 9.37 Å². The Bertz CT molecular complexity index is 973. The Morgan fingerprint density at radius 3 is 2.60 bits per heavy atom. The first-order valence-corrected chi connectivity index (χ1v) is 10.0. The van der Waals surface area contributed by atoms with Gasteiger partial charge in [0.05, 0.1) is 23.8 Å². The number of hydrogen-bond acceptors (Lipinski definition) is 8. The fourth-order valence-electron chi connectivity index (χ4n) is 2.32. The van der Waals surface area contributed by atoms with Gasteiger partial charge in [-0.1, -0.05) is 22.9 Å². The molecule has 0 saturated carbocycles. The fourth-order valence-corrected chi connectivity index (χ4v) is 3.48. The third-order valence-corrected chi connectivity index (χ3v) is 5.02. The van der Waals surface area contributed by atoms with Crippen molar-refractivity contribution in [3.63, 3.8) is 0 Å². The number of aromatic nitrogens is 3. The van der Waals surface area contributed by atoms with E-state index >= 15 is 0 Å². The third kappa shape index (κ3) is 5.99. The number of hydrogen-bond donors (Lipinski definition) is 2. The van der Waals surface area contributed by atoms with Gasteiger partial charge < -0.3 is 20.3 Å². The molecule has 0 amide bonds. The lowest BCUT2D eigenvalue weighted by Gasteiger charge is -2.12. The monoisotopic (exact) mass is 474 g/mol.